The van der Waals surface area contributed by atoms with Gasteiger partial charge in [-0.15, -0.1) is 22.0 Å². The number of ether oxygens (including phenoxy) is 2. The van der Waals surface area contributed by atoms with Crippen LogP contribution in [0.4, 0.5) is 36.8 Å². The van der Waals surface area contributed by atoms with E-state index >= 15 is 0 Å². The molecule has 1 unspecified atom stereocenters. The Kier molecular flexibility index (Phi) is 16.6. The van der Waals surface area contributed by atoms with E-state index in [0.29, 0.717) is 6.07 Å². The van der Waals surface area contributed by atoms with E-state index < -0.39 is 76.4 Å². The molecule has 0 radical (unpaired) electrons. The molecule has 0 aliphatic carbocycles. The molecule has 8 nitrogen and oxygen atoms in total. The summed E-state index contributed by atoms with van der Waals surface area (Å²) < 4.78 is 103. The summed E-state index contributed by atoms with van der Waals surface area (Å²) in [6.07, 6.45) is -3.32. The Labute approximate surface area is 282 Å². The number of fused-ring (bicyclic) bond motifs is 5. The summed E-state index contributed by atoms with van der Waals surface area (Å²) in [6.45, 7) is 19.4. The van der Waals surface area contributed by atoms with Crippen LogP contribution in [0.1, 0.15) is 85.6 Å². The lowest BCUT2D eigenvalue weighted by atomic mass is 9.95. The monoisotopic (exact) mass is 706 g/mol. The molecular weight excluding hydrogens is 662 g/mol. The van der Waals surface area contributed by atoms with Gasteiger partial charge in [0.1, 0.15) is 10.6 Å². The number of carbonyl (C=O) groups is 1. The van der Waals surface area contributed by atoms with Gasteiger partial charge in [0.2, 0.25) is 5.60 Å². The summed E-state index contributed by atoms with van der Waals surface area (Å²) in [6, 6.07) is 0.601. The minimum absolute atomic E-state index is 0.121. The van der Waals surface area contributed by atoms with Crippen LogP contribution in [0.25, 0.3) is 11.6 Å². The van der Waals surface area contributed by atoms with Gasteiger partial charge < -0.3 is 13.9 Å². The number of allylic oxidation sites excluding steroid dienone is 4. The Hall–Kier alpha value is -3.59. The molecule has 0 fully saturated rings. The molecule has 0 saturated carbocycles. The number of aromatic nitrogens is 3. The molecule has 1 aliphatic rings. The quantitative estimate of drug-likeness (QED) is 0.180. The van der Waals surface area contributed by atoms with Crippen molar-refractivity contribution >= 4 is 23.5 Å². The molecule has 1 amide bonds. The number of thioether (sulfide) groups is 1. The third-order valence-corrected chi connectivity index (χ3v) is 6.82. The van der Waals surface area contributed by atoms with Crippen LogP contribution in [0.15, 0.2) is 64.6 Å². The zero-order valence-electron chi connectivity index (χ0n) is 28.3. The first kappa shape index (κ1) is 42.4. The lowest BCUT2D eigenvalue weighted by Crippen LogP contribution is -2.45. The number of amides is 1. The molecular formula is C33H44F6N4O4S. The van der Waals surface area contributed by atoms with Gasteiger partial charge in [-0.1, -0.05) is 77.7 Å². The number of hydrogen-bond acceptors (Lipinski definition) is 8. The zero-order valence-corrected chi connectivity index (χ0v) is 29.1. The first-order chi connectivity index (χ1) is 22.4. The summed E-state index contributed by atoms with van der Waals surface area (Å²) in [5.41, 5.74) is -6.08. The summed E-state index contributed by atoms with van der Waals surface area (Å²) in [5, 5.41) is 9.01. The second-order valence-corrected chi connectivity index (χ2v) is 12.0. The maximum absolute atomic E-state index is 14.8. The first-order valence-corrected chi connectivity index (χ1v) is 16.3. The van der Waals surface area contributed by atoms with Crippen LogP contribution in [0.5, 0.6) is 0 Å². The molecule has 48 heavy (non-hydrogen) atoms. The van der Waals surface area contributed by atoms with E-state index in [0.717, 1.165) is 11.8 Å². The molecule has 3 heterocycles. The molecule has 1 N–H and O–H groups in total. The van der Waals surface area contributed by atoms with Gasteiger partial charge in [-0.25, -0.2) is 9.78 Å². The Bertz CT molecular complexity index is 1410. The second kappa shape index (κ2) is 18.8. The largest absolute Gasteiger partial charge is 0.444 e. The zero-order chi connectivity index (χ0) is 36.8. The molecule has 2 aromatic heterocycles. The van der Waals surface area contributed by atoms with Crippen molar-refractivity contribution in [2.75, 3.05) is 17.7 Å². The molecule has 3 rings (SSSR count). The normalized spacial score (nSPS) is 17.7. The summed E-state index contributed by atoms with van der Waals surface area (Å²) in [7, 11) is 0. The van der Waals surface area contributed by atoms with Gasteiger partial charge in [0.25, 0.3) is 11.8 Å². The average molecular weight is 707 g/mol. The maximum Gasteiger partial charge on any atom is 0.426 e. The van der Waals surface area contributed by atoms with Crippen molar-refractivity contribution in [3.63, 3.8) is 0 Å². The number of carbonyl (C=O) groups excluding carboxylic acids is 1. The van der Waals surface area contributed by atoms with Gasteiger partial charge in [0, 0.05) is 5.75 Å². The molecule has 0 saturated heterocycles. The van der Waals surface area contributed by atoms with Crippen molar-refractivity contribution < 1.29 is 45.0 Å². The number of nitrogens with one attached hydrogen (secondary N) is 1. The van der Waals surface area contributed by atoms with Gasteiger partial charge in [-0.05, 0) is 51.7 Å². The first-order valence-electron chi connectivity index (χ1n) is 15.3. The number of halogens is 6. The molecule has 1 aliphatic heterocycles. The van der Waals surface area contributed by atoms with Gasteiger partial charge in [0.15, 0.2) is 5.69 Å². The van der Waals surface area contributed by atoms with Crippen molar-refractivity contribution in [2.45, 2.75) is 103 Å². The number of rotatable bonds is 6. The number of nitrogens with zero attached hydrogens (tertiary/aromatic N) is 3. The fourth-order valence-corrected chi connectivity index (χ4v) is 4.76. The molecule has 268 valence electrons. The molecule has 0 aromatic carbocycles. The maximum atomic E-state index is 14.8. The molecule has 15 heteroatoms. The molecule has 2 aromatic rings. The topological polar surface area (TPSA) is 99.4 Å². The number of alkyl halides is 6. The van der Waals surface area contributed by atoms with Crippen molar-refractivity contribution in [3.8, 4) is 11.6 Å². The molecule has 0 spiro atoms. The highest BCUT2D eigenvalue weighted by Crippen LogP contribution is 2.47. The van der Waals surface area contributed by atoms with E-state index in [1.165, 1.54) is 51.5 Å². The van der Waals surface area contributed by atoms with E-state index in [4.69, 9.17) is 13.9 Å². The van der Waals surface area contributed by atoms with E-state index in [2.05, 4.69) is 47.5 Å². The third kappa shape index (κ3) is 12.1. The fourth-order valence-electron chi connectivity index (χ4n) is 3.83. The van der Waals surface area contributed by atoms with Crippen molar-refractivity contribution in [3.05, 3.63) is 66.6 Å². The van der Waals surface area contributed by atoms with Crippen molar-refractivity contribution in [1.82, 2.24) is 15.2 Å². The van der Waals surface area contributed by atoms with E-state index in [1.54, 1.807) is 6.08 Å². The van der Waals surface area contributed by atoms with Crippen molar-refractivity contribution in [1.29, 1.82) is 0 Å². The van der Waals surface area contributed by atoms with E-state index in [-0.39, 0.29) is 24.2 Å². The van der Waals surface area contributed by atoms with Gasteiger partial charge in [-0.3, -0.25) is 5.32 Å². The van der Waals surface area contributed by atoms with Gasteiger partial charge in [0.05, 0.1) is 17.9 Å². The Morgan fingerprint density at radius 1 is 1.08 bits per heavy atom. The predicted molar refractivity (Wildman–Crippen MR) is 176 cm³/mol. The highest BCUT2D eigenvalue weighted by atomic mass is 32.2. The summed E-state index contributed by atoms with van der Waals surface area (Å²) in [5.74, 6) is -1.55. The second-order valence-electron chi connectivity index (χ2n) is 10.9. The van der Waals surface area contributed by atoms with E-state index in [9.17, 15) is 31.1 Å². The van der Waals surface area contributed by atoms with Crippen LogP contribution in [0, 0.1) is 0 Å². The number of hydrogen-bond donors (Lipinski definition) is 1. The Morgan fingerprint density at radius 2 is 1.71 bits per heavy atom. The van der Waals surface area contributed by atoms with Crippen molar-refractivity contribution in [2.24, 2.45) is 0 Å². The van der Waals surface area contributed by atoms with Crippen LogP contribution in [0.2, 0.25) is 0 Å². The Balaban J connectivity index is 0.00000218. The summed E-state index contributed by atoms with van der Waals surface area (Å²) in [4.78, 5) is 16.6. The third-order valence-electron chi connectivity index (χ3n) is 5.79. The van der Waals surface area contributed by atoms with E-state index in [1.807, 2.05) is 13.8 Å². The smallest absolute Gasteiger partial charge is 0.426 e. The van der Waals surface area contributed by atoms with Gasteiger partial charge >= 0.3 is 18.4 Å². The molecule has 1 atom stereocenters. The van der Waals surface area contributed by atoms with Crippen LogP contribution in [-0.4, -0.2) is 45.4 Å². The average Bonchev–Trinajstić information content (AvgIpc) is 3.47. The number of anilines is 1. The Morgan fingerprint density at radius 3 is 2.25 bits per heavy atom. The fraction of sp³-hybridized carbons (Fsp3) is 0.515. The highest BCUT2D eigenvalue weighted by molar-refractivity contribution is 7.99. The standard InChI is InChI=1S/C28H30F6N4O4S.C3H8.C2H6/c1-6-12-17(7-2)16-40-26(28(32,33)34)13-10-8-9-11-14-43-22-18(27(29,30)31)15-19(35-24(39)42-25(3,4)5)20(36-22)21-37-38-23(26)41-21;1-3-2;1-2/h6-9,12,15H,1-2,10-11,13-14,16H2,3-5H3,(H,35,39);3H2,1-2H3;1-2H3/b9-8-,17-12+;;. The SMILES string of the molecule is C=C/C=C(\C=C)COC1(C(F)(F)F)CC/C=C\CCSc2nc(c(NC(=O)OC(C)(C)C)cc2C(F)(F)F)-c2nnc1o2.CC.CCC. The van der Waals surface area contributed by atoms with Crippen LogP contribution in [-0.2, 0) is 21.3 Å². The minimum atomic E-state index is -5.08. The van der Waals surface area contributed by atoms with Crippen LogP contribution >= 0.6 is 11.8 Å². The van der Waals surface area contributed by atoms with Crippen LogP contribution in [0.3, 0.4) is 0 Å². The predicted octanol–water partition coefficient (Wildman–Crippen LogP) is 10.8. The summed E-state index contributed by atoms with van der Waals surface area (Å²) >= 11 is 0.774. The van der Waals surface area contributed by atoms with Gasteiger partial charge in [-0.2, -0.15) is 26.3 Å². The highest BCUT2D eigenvalue weighted by Gasteiger charge is 2.61. The minimum Gasteiger partial charge on any atom is -0.444 e. The van der Waals surface area contributed by atoms with Crippen LogP contribution < -0.4 is 5.32 Å². The number of pyridine rings is 1. The lowest BCUT2D eigenvalue weighted by Gasteiger charge is -2.32. The molecule has 4 bridgehead atoms. The lowest BCUT2D eigenvalue weighted by molar-refractivity contribution is -0.292.